The molecule has 0 amide bonds. The van der Waals surface area contributed by atoms with Gasteiger partial charge in [0.1, 0.15) is 0 Å². The van der Waals surface area contributed by atoms with E-state index in [2.05, 4.69) is 53.2 Å². The molecule has 2 aromatic rings. The Morgan fingerprint density at radius 3 is 2.53 bits per heavy atom. The molecule has 15 heavy (non-hydrogen) atoms. The summed E-state index contributed by atoms with van der Waals surface area (Å²) in [5.41, 5.74) is 2.60. The summed E-state index contributed by atoms with van der Waals surface area (Å²) in [5, 5.41) is 0. The molecule has 0 aliphatic rings. The Bertz CT molecular complexity index is 464. The highest BCUT2D eigenvalue weighted by molar-refractivity contribution is 9.09. The summed E-state index contributed by atoms with van der Waals surface area (Å²) < 4.78 is 0.836. The van der Waals surface area contributed by atoms with Crippen molar-refractivity contribution >= 4 is 38.9 Å². The van der Waals surface area contributed by atoms with Crippen LogP contribution in [0.25, 0.3) is 0 Å². The zero-order valence-corrected chi connectivity index (χ0v) is 11.4. The zero-order chi connectivity index (χ0) is 10.8. The topological polar surface area (TPSA) is 0 Å². The number of thiophene rings is 1. The highest BCUT2D eigenvalue weighted by atomic mass is 79.9. The molecule has 0 fully saturated rings. The number of alkyl halides is 1. The fraction of sp³-hybridized carbons (Fsp3) is 0.167. The summed E-state index contributed by atoms with van der Waals surface area (Å²) in [6.45, 7) is 2.12. The molecule has 0 aliphatic heterocycles. The summed E-state index contributed by atoms with van der Waals surface area (Å²) in [6.07, 6.45) is 0. The van der Waals surface area contributed by atoms with Crippen molar-refractivity contribution in [1.29, 1.82) is 0 Å². The highest BCUT2D eigenvalue weighted by Gasteiger charge is 2.13. The number of halogens is 2. The molecular weight excluding hydrogens is 292 g/mol. The third-order valence-corrected chi connectivity index (χ3v) is 4.89. The first-order valence-corrected chi connectivity index (χ1v) is 6.74. The van der Waals surface area contributed by atoms with E-state index in [9.17, 15) is 0 Å². The van der Waals surface area contributed by atoms with Crippen LogP contribution in [0.2, 0.25) is 4.34 Å². The smallest absolute Gasteiger partial charge is 0.0931 e. The first kappa shape index (κ1) is 11.2. The molecule has 0 aliphatic carbocycles. The molecule has 0 saturated heterocycles. The Balaban J connectivity index is 2.36. The van der Waals surface area contributed by atoms with E-state index in [0.29, 0.717) is 0 Å². The lowest BCUT2D eigenvalue weighted by atomic mass is 10.1. The quantitative estimate of drug-likeness (QED) is 0.669. The van der Waals surface area contributed by atoms with Crippen molar-refractivity contribution in [2.45, 2.75) is 11.8 Å². The maximum absolute atomic E-state index is 5.93. The van der Waals surface area contributed by atoms with Gasteiger partial charge in [0.15, 0.2) is 0 Å². The van der Waals surface area contributed by atoms with Crippen molar-refractivity contribution < 1.29 is 0 Å². The first-order valence-electron chi connectivity index (χ1n) is 4.63. The summed E-state index contributed by atoms with van der Waals surface area (Å²) in [6, 6.07) is 12.4. The summed E-state index contributed by atoms with van der Waals surface area (Å²) >= 11 is 11.3. The largest absolute Gasteiger partial charge is 0.127 e. The van der Waals surface area contributed by atoms with Gasteiger partial charge >= 0.3 is 0 Å². The van der Waals surface area contributed by atoms with Gasteiger partial charge in [0.05, 0.1) is 9.16 Å². The Morgan fingerprint density at radius 2 is 1.93 bits per heavy atom. The number of hydrogen-bond acceptors (Lipinski definition) is 1. The van der Waals surface area contributed by atoms with Gasteiger partial charge in [0.2, 0.25) is 0 Å². The van der Waals surface area contributed by atoms with Crippen LogP contribution < -0.4 is 0 Å². The van der Waals surface area contributed by atoms with Crippen LogP contribution in [0, 0.1) is 6.92 Å². The Hall–Kier alpha value is -0.310. The molecule has 0 bridgehead atoms. The monoisotopic (exact) mass is 300 g/mol. The molecule has 1 atom stereocenters. The maximum Gasteiger partial charge on any atom is 0.0931 e. The number of benzene rings is 1. The second kappa shape index (κ2) is 4.69. The lowest BCUT2D eigenvalue weighted by molar-refractivity contribution is 1.18. The number of hydrogen-bond donors (Lipinski definition) is 0. The SMILES string of the molecule is Cc1ccccc1C(Br)c1ccc(Cl)s1. The third kappa shape index (κ3) is 2.44. The second-order valence-electron chi connectivity index (χ2n) is 3.36. The van der Waals surface area contributed by atoms with Crippen LogP contribution in [0.5, 0.6) is 0 Å². The van der Waals surface area contributed by atoms with E-state index in [1.807, 2.05) is 6.07 Å². The van der Waals surface area contributed by atoms with E-state index in [4.69, 9.17) is 11.6 Å². The molecule has 3 heteroatoms. The van der Waals surface area contributed by atoms with Gasteiger partial charge in [0, 0.05) is 4.88 Å². The molecule has 0 radical (unpaired) electrons. The van der Waals surface area contributed by atoms with E-state index >= 15 is 0 Å². The minimum absolute atomic E-state index is 0.246. The van der Waals surface area contributed by atoms with Crippen molar-refractivity contribution in [2.75, 3.05) is 0 Å². The van der Waals surface area contributed by atoms with Crippen LogP contribution in [0.15, 0.2) is 36.4 Å². The molecule has 2 rings (SSSR count). The molecule has 0 N–H and O–H groups in total. The van der Waals surface area contributed by atoms with Crippen molar-refractivity contribution in [3.63, 3.8) is 0 Å². The van der Waals surface area contributed by atoms with Crippen LogP contribution >= 0.6 is 38.9 Å². The molecule has 1 unspecified atom stereocenters. The van der Waals surface area contributed by atoms with Gasteiger partial charge in [0.25, 0.3) is 0 Å². The first-order chi connectivity index (χ1) is 7.18. The van der Waals surface area contributed by atoms with Gasteiger partial charge in [-0.1, -0.05) is 51.8 Å². The number of rotatable bonds is 2. The lowest BCUT2D eigenvalue weighted by Gasteiger charge is -2.10. The predicted octanol–water partition coefficient (Wildman–Crippen LogP) is 5.19. The highest BCUT2D eigenvalue weighted by Crippen LogP contribution is 2.37. The summed E-state index contributed by atoms with van der Waals surface area (Å²) in [7, 11) is 0. The summed E-state index contributed by atoms with van der Waals surface area (Å²) in [4.78, 5) is 1.49. The fourth-order valence-electron chi connectivity index (χ4n) is 1.49. The fourth-order valence-corrected chi connectivity index (χ4v) is 3.49. The van der Waals surface area contributed by atoms with E-state index in [1.165, 1.54) is 16.0 Å². The lowest BCUT2D eigenvalue weighted by Crippen LogP contribution is -1.92. The van der Waals surface area contributed by atoms with Crippen molar-refractivity contribution in [3.05, 3.63) is 56.7 Å². The predicted molar refractivity (Wildman–Crippen MR) is 71.3 cm³/mol. The average molecular weight is 302 g/mol. The van der Waals surface area contributed by atoms with Crippen LogP contribution in [0.3, 0.4) is 0 Å². The third-order valence-electron chi connectivity index (χ3n) is 2.31. The van der Waals surface area contributed by atoms with Crippen molar-refractivity contribution in [3.8, 4) is 0 Å². The van der Waals surface area contributed by atoms with Crippen LogP contribution in [-0.2, 0) is 0 Å². The van der Waals surface area contributed by atoms with E-state index < -0.39 is 0 Å². The summed E-state index contributed by atoms with van der Waals surface area (Å²) in [5.74, 6) is 0. The minimum atomic E-state index is 0.246. The molecule has 0 nitrogen and oxygen atoms in total. The molecule has 1 aromatic heterocycles. The van der Waals surface area contributed by atoms with Gasteiger partial charge in [-0.05, 0) is 30.2 Å². The van der Waals surface area contributed by atoms with E-state index in [1.54, 1.807) is 11.3 Å². The van der Waals surface area contributed by atoms with Gasteiger partial charge in [-0.3, -0.25) is 0 Å². The van der Waals surface area contributed by atoms with Gasteiger partial charge < -0.3 is 0 Å². The molecule has 0 spiro atoms. The van der Waals surface area contributed by atoms with Gasteiger partial charge in [-0.15, -0.1) is 11.3 Å². The normalized spacial score (nSPS) is 12.7. The van der Waals surface area contributed by atoms with E-state index in [-0.39, 0.29) is 4.83 Å². The number of aryl methyl sites for hydroxylation is 1. The molecule has 1 aromatic carbocycles. The minimum Gasteiger partial charge on any atom is -0.127 e. The van der Waals surface area contributed by atoms with Crippen LogP contribution in [0.1, 0.15) is 20.8 Å². The average Bonchev–Trinajstić information content (AvgIpc) is 2.65. The van der Waals surface area contributed by atoms with Crippen LogP contribution in [0.4, 0.5) is 0 Å². The zero-order valence-electron chi connectivity index (χ0n) is 8.21. The van der Waals surface area contributed by atoms with Crippen molar-refractivity contribution in [1.82, 2.24) is 0 Å². The molecular formula is C12H10BrClS. The Morgan fingerprint density at radius 1 is 1.20 bits per heavy atom. The standard InChI is InChI=1S/C12H10BrClS/c1-8-4-2-3-5-9(8)12(13)10-6-7-11(14)15-10/h2-7,12H,1H3. The van der Waals surface area contributed by atoms with E-state index in [0.717, 1.165) is 4.34 Å². The van der Waals surface area contributed by atoms with Crippen LogP contribution in [-0.4, -0.2) is 0 Å². The van der Waals surface area contributed by atoms with Gasteiger partial charge in [-0.25, -0.2) is 0 Å². The molecule has 78 valence electrons. The Kier molecular flexibility index (Phi) is 3.49. The Labute approximate surface area is 107 Å². The molecule has 0 saturated carbocycles. The van der Waals surface area contributed by atoms with Gasteiger partial charge in [-0.2, -0.15) is 0 Å². The van der Waals surface area contributed by atoms with Crippen molar-refractivity contribution in [2.24, 2.45) is 0 Å². The maximum atomic E-state index is 5.93. The molecule has 1 heterocycles. The second-order valence-corrected chi connectivity index (χ2v) is 6.02.